The molecule has 0 bridgehead atoms. The Morgan fingerprint density at radius 2 is 0.812 bits per heavy atom. The van der Waals surface area contributed by atoms with Crippen molar-refractivity contribution >= 4 is 12.2 Å². The van der Waals surface area contributed by atoms with Crippen LogP contribution in [0.2, 0.25) is 0 Å². The second kappa shape index (κ2) is 13.6. The molecule has 2 aromatic heterocycles. The largest absolute Gasteiger partial charge is 1.00 e. The molecule has 32 heavy (non-hydrogen) atoms. The number of rotatable bonds is 7. The molecule has 0 unspecified atom stereocenters. The van der Waals surface area contributed by atoms with Crippen LogP contribution in [-0.4, -0.2) is 0 Å². The van der Waals surface area contributed by atoms with Crippen LogP contribution in [-0.2, 0) is 13.1 Å². The van der Waals surface area contributed by atoms with Gasteiger partial charge in [0, 0.05) is 24.3 Å². The summed E-state index contributed by atoms with van der Waals surface area (Å²) in [6.45, 7) is 1.72. The number of hydrogen-bond acceptors (Lipinski definition) is 0. The standard InChI is InChI=1S/C28H26N2.2BrH/c1-3-9-25(10-4-1)13-7-19-29-21-15-27(16-22-29)28-17-23-30(24-18-28)20-8-14-26-11-5-2-6-12-26;;/h1-18,21-24H,19-20H2;2*1H/q+2;;/p-2/b13-7+,14-8+;;. The molecule has 0 radical (unpaired) electrons. The first-order valence-electron chi connectivity index (χ1n) is 10.3. The van der Waals surface area contributed by atoms with Crippen molar-refractivity contribution in [3.8, 4) is 11.1 Å². The molecule has 4 rings (SSSR count). The van der Waals surface area contributed by atoms with Crippen molar-refractivity contribution in [3.63, 3.8) is 0 Å². The smallest absolute Gasteiger partial charge is 0.169 e. The lowest BCUT2D eigenvalue weighted by Crippen LogP contribution is -3.00. The van der Waals surface area contributed by atoms with E-state index in [1.807, 2.05) is 12.1 Å². The van der Waals surface area contributed by atoms with Crippen LogP contribution in [0, 0.1) is 0 Å². The number of nitrogens with zero attached hydrogens (tertiary/aromatic N) is 2. The lowest BCUT2D eigenvalue weighted by Gasteiger charge is -2.00. The fraction of sp³-hybridized carbons (Fsp3) is 0.0714. The van der Waals surface area contributed by atoms with E-state index in [2.05, 4.69) is 131 Å². The highest BCUT2D eigenvalue weighted by Gasteiger charge is 2.04. The fourth-order valence-corrected chi connectivity index (χ4v) is 3.29. The summed E-state index contributed by atoms with van der Waals surface area (Å²) >= 11 is 0. The maximum atomic E-state index is 2.18. The van der Waals surface area contributed by atoms with E-state index in [9.17, 15) is 0 Å². The summed E-state index contributed by atoms with van der Waals surface area (Å²) in [5, 5.41) is 0. The van der Waals surface area contributed by atoms with E-state index in [4.69, 9.17) is 0 Å². The van der Waals surface area contributed by atoms with Crippen LogP contribution in [0.3, 0.4) is 0 Å². The number of aromatic nitrogens is 2. The Balaban J connectivity index is 0.00000181. The summed E-state index contributed by atoms with van der Waals surface area (Å²) in [6, 6.07) is 29.5. The minimum Gasteiger partial charge on any atom is -1.00 e. The SMILES string of the molecule is C(=C\c1ccccc1)/C[n+]1ccc(-c2cc[n+](C/C=C/c3ccccc3)cc2)cc1.[Br-].[Br-]. The van der Waals surface area contributed by atoms with Gasteiger partial charge in [0.25, 0.3) is 0 Å². The minimum absolute atomic E-state index is 0. The average molecular weight is 550 g/mol. The van der Waals surface area contributed by atoms with E-state index in [0.717, 1.165) is 13.1 Å². The van der Waals surface area contributed by atoms with E-state index in [1.165, 1.54) is 22.3 Å². The Morgan fingerprint density at radius 1 is 0.469 bits per heavy atom. The van der Waals surface area contributed by atoms with Crippen LogP contribution in [0.4, 0.5) is 0 Å². The first kappa shape index (κ1) is 25.4. The van der Waals surface area contributed by atoms with Crippen LogP contribution in [0.25, 0.3) is 23.3 Å². The molecule has 0 amide bonds. The maximum Gasteiger partial charge on any atom is 0.169 e. The second-order valence-electron chi connectivity index (χ2n) is 7.19. The van der Waals surface area contributed by atoms with Crippen LogP contribution in [0.1, 0.15) is 11.1 Å². The molecule has 2 heterocycles. The summed E-state index contributed by atoms with van der Waals surface area (Å²) in [5.74, 6) is 0. The predicted molar refractivity (Wildman–Crippen MR) is 123 cm³/mol. The Kier molecular flexibility index (Phi) is 10.8. The number of benzene rings is 2. The fourth-order valence-electron chi connectivity index (χ4n) is 3.29. The van der Waals surface area contributed by atoms with Gasteiger partial charge >= 0.3 is 0 Å². The van der Waals surface area contributed by atoms with Gasteiger partial charge in [-0.15, -0.1) is 0 Å². The van der Waals surface area contributed by atoms with Crippen molar-refractivity contribution in [2.45, 2.75) is 13.1 Å². The van der Waals surface area contributed by atoms with Gasteiger partial charge in [0.1, 0.15) is 0 Å². The minimum atomic E-state index is 0. The van der Waals surface area contributed by atoms with E-state index in [0.29, 0.717) is 0 Å². The molecule has 0 N–H and O–H groups in total. The molecule has 4 aromatic rings. The maximum absolute atomic E-state index is 2.18. The molecular weight excluding hydrogens is 524 g/mol. The highest BCUT2D eigenvalue weighted by atomic mass is 79.9. The van der Waals surface area contributed by atoms with Gasteiger partial charge < -0.3 is 34.0 Å². The Labute approximate surface area is 211 Å². The van der Waals surface area contributed by atoms with Gasteiger partial charge in [-0.1, -0.05) is 72.8 Å². The van der Waals surface area contributed by atoms with Gasteiger partial charge in [0.05, 0.1) is 0 Å². The predicted octanol–water partition coefficient (Wildman–Crippen LogP) is -0.637. The average Bonchev–Trinajstić information content (AvgIpc) is 2.82. The summed E-state index contributed by atoms with van der Waals surface area (Å²) in [5.41, 5.74) is 4.91. The molecule has 0 fully saturated rings. The quantitative estimate of drug-likeness (QED) is 0.271. The van der Waals surface area contributed by atoms with Crippen molar-refractivity contribution in [3.05, 3.63) is 133 Å². The molecule has 0 aliphatic carbocycles. The third-order valence-corrected chi connectivity index (χ3v) is 4.97. The molecular formula is C28H26Br2N2. The van der Waals surface area contributed by atoms with Gasteiger partial charge in [-0.3, -0.25) is 0 Å². The normalized spacial score (nSPS) is 10.6. The summed E-state index contributed by atoms with van der Waals surface area (Å²) in [6.07, 6.45) is 17.2. The van der Waals surface area contributed by atoms with Gasteiger partial charge in [-0.25, -0.2) is 9.13 Å². The van der Waals surface area contributed by atoms with Gasteiger partial charge in [-0.05, 0) is 34.4 Å². The van der Waals surface area contributed by atoms with Gasteiger partial charge in [0.2, 0.25) is 0 Å². The highest BCUT2D eigenvalue weighted by molar-refractivity contribution is 5.61. The molecule has 0 saturated heterocycles. The molecule has 0 saturated carbocycles. The zero-order valence-corrected chi connectivity index (χ0v) is 20.9. The van der Waals surface area contributed by atoms with Crippen molar-refractivity contribution in [2.24, 2.45) is 0 Å². The molecule has 0 aliphatic rings. The summed E-state index contributed by atoms with van der Waals surface area (Å²) < 4.78 is 4.36. The van der Waals surface area contributed by atoms with Crippen molar-refractivity contribution < 1.29 is 43.1 Å². The van der Waals surface area contributed by atoms with Gasteiger partial charge in [0.15, 0.2) is 37.9 Å². The van der Waals surface area contributed by atoms with E-state index < -0.39 is 0 Å². The number of halogens is 2. The molecule has 2 nitrogen and oxygen atoms in total. The molecule has 4 heteroatoms. The van der Waals surface area contributed by atoms with Crippen LogP contribution >= 0.6 is 0 Å². The third-order valence-electron chi connectivity index (χ3n) is 4.97. The zero-order valence-electron chi connectivity index (χ0n) is 17.8. The molecule has 0 atom stereocenters. The van der Waals surface area contributed by atoms with Crippen LogP contribution in [0.15, 0.2) is 122 Å². The van der Waals surface area contributed by atoms with Crippen LogP contribution < -0.4 is 43.1 Å². The third kappa shape index (κ3) is 7.70. The second-order valence-corrected chi connectivity index (χ2v) is 7.19. The van der Waals surface area contributed by atoms with E-state index >= 15 is 0 Å². The Bertz CT molecular complexity index is 1010. The first-order chi connectivity index (χ1) is 14.9. The van der Waals surface area contributed by atoms with E-state index in [-0.39, 0.29) is 34.0 Å². The summed E-state index contributed by atoms with van der Waals surface area (Å²) in [7, 11) is 0. The summed E-state index contributed by atoms with van der Waals surface area (Å²) in [4.78, 5) is 0. The number of pyridine rings is 2. The van der Waals surface area contributed by atoms with Crippen molar-refractivity contribution in [2.75, 3.05) is 0 Å². The monoisotopic (exact) mass is 548 g/mol. The van der Waals surface area contributed by atoms with Crippen LogP contribution in [0.5, 0.6) is 0 Å². The number of allylic oxidation sites excluding steroid dienone is 2. The van der Waals surface area contributed by atoms with Crippen molar-refractivity contribution in [1.82, 2.24) is 0 Å². The first-order valence-corrected chi connectivity index (χ1v) is 10.3. The highest BCUT2D eigenvalue weighted by Crippen LogP contribution is 2.15. The lowest BCUT2D eigenvalue weighted by molar-refractivity contribution is -0.687. The zero-order chi connectivity index (χ0) is 20.4. The van der Waals surface area contributed by atoms with Crippen molar-refractivity contribution in [1.29, 1.82) is 0 Å². The molecule has 2 aromatic carbocycles. The lowest BCUT2D eigenvalue weighted by atomic mass is 10.1. The molecule has 0 spiro atoms. The van der Waals surface area contributed by atoms with Gasteiger partial charge in [-0.2, -0.15) is 0 Å². The molecule has 162 valence electrons. The number of hydrogen-bond donors (Lipinski definition) is 0. The topological polar surface area (TPSA) is 7.76 Å². The molecule has 0 aliphatic heterocycles. The Morgan fingerprint density at radius 3 is 1.16 bits per heavy atom. The van der Waals surface area contributed by atoms with E-state index in [1.54, 1.807) is 0 Å². The Hall–Kier alpha value is -2.82.